The fraction of sp³-hybridized carbons (Fsp3) is 0.250. The van der Waals surface area contributed by atoms with Crippen molar-refractivity contribution < 1.29 is 4.39 Å². The predicted octanol–water partition coefficient (Wildman–Crippen LogP) is 4.45. The highest BCUT2D eigenvalue weighted by Gasteiger charge is 2.08. The van der Waals surface area contributed by atoms with Gasteiger partial charge in [0, 0.05) is 21.7 Å². The highest BCUT2D eigenvalue weighted by atomic mass is 35.5. The van der Waals surface area contributed by atoms with E-state index in [0.29, 0.717) is 0 Å². The van der Waals surface area contributed by atoms with E-state index in [0.717, 1.165) is 33.2 Å². The molecule has 0 bridgehead atoms. The van der Waals surface area contributed by atoms with Crippen molar-refractivity contribution in [1.82, 2.24) is 0 Å². The molecule has 0 radical (unpaired) electrons. The fourth-order valence-electron chi connectivity index (χ4n) is 1.92. The molecule has 2 aromatic rings. The maximum atomic E-state index is 13.1. The first-order chi connectivity index (χ1) is 9.54. The highest BCUT2D eigenvalue weighted by Crippen LogP contribution is 2.22. The Hall–Kier alpha value is -1.03. The van der Waals surface area contributed by atoms with E-state index < -0.39 is 0 Å². The lowest BCUT2D eigenvalue weighted by molar-refractivity contribution is 0.624. The van der Waals surface area contributed by atoms with Crippen LogP contribution in [0.5, 0.6) is 0 Å². The van der Waals surface area contributed by atoms with Crippen molar-refractivity contribution in [3.63, 3.8) is 0 Å². The average Bonchev–Trinajstić information content (AvgIpc) is 2.40. The van der Waals surface area contributed by atoms with E-state index in [2.05, 4.69) is 0 Å². The number of hydrogen-bond donors (Lipinski definition) is 1. The quantitative estimate of drug-likeness (QED) is 0.826. The zero-order valence-electron chi connectivity index (χ0n) is 11.3. The van der Waals surface area contributed by atoms with Gasteiger partial charge in [0.2, 0.25) is 0 Å². The van der Waals surface area contributed by atoms with Crippen LogP contribution >= 0.6 is 23.4 Å². The molecule has 0 saturated heterocycles. The van der Waals surface area contributed by atoms with Crippen LogP contribution in [0.3, 0.4) is 0 Å². The van der Waals surface area contributed by atoms with Crippen molar-refractivity contribution in [1.29, 1.82) is 0 Å². The van der Waals surface area contributed by atoms with Gasteiger partial charge in [0.25, 0.3) is 0 Å². The van der Waals surface area contributed by atoms with E-state index in [-0.39, 0.29) is 11.9 Å². The van der Waals surface area contributed by atoms with E-state index in [9.17, 15) is 4.39 Å². The van der Waals surface area contributed by atoms with Crippen LogP contribution in [-0.2, 0) is 6.42 Å². The third-order valence-electron chi connectivity index (χ3n) is 2.95. The predicted molar refractivity (Wildman–Crippen MR) is 85.0 cm³/mol. The number of halogens is 2. The topological polar surface area (TPSA) is 26.0 Å². The molecular formula is C16H17ClFNS. The van der Waals surface area contributed by atoms with Gasteiger partial charge in [0.1, 0.15) is 5.82 Å². The fourth-order valence-corrected chi connectivity index (χ4v) is 3.13. The first kappa shape index (κ1) is 15.4. The van der Waals surface area contributed by atoms with Gasteiger partial charge in [-0.2, -0.15) is 0 Å². The second kappa shape index (κ2) is 7.11. The molecule has 20 heavy (non-hydrogen) atoms. The molecule has 0 aromatic heterocycles. The molecule has 1 unspecified atom stereocenters. The summed E-state index contributed by atoms with van der Waals surface area (Å²) in [4.78, 5) is 0.899. The molecule has 0 saturated carbocycles. The van der Waals surface area contributed by atoms with Crippen molar-refractivity contribution >= 4 is 23.4 Å². The lowest BCUT2D eigenvalue weighted by Crippen LogP contribution is -2.25. The Balaban J connectivity index is 1.90. The maximum absolute atomic E-state index is 13.1. The Morgan fingerprint density at radius 3 is 2.75 bits per heavy atom. The van der Waals surface area contributed by atoms with E-state index >= 15 is 0 Å². The summed E-state index contributed by atoms with van der Waals surface area (Å²) >= 11 is 7.76. The smallest absolute Gasteiger partial charge is 0.124 e. The normalized spacial score (nSPS) is 12.4. The van der Waals surface area contributed by atoms with Crippen molar-refractivity contribution in [3.05, 3.63) is 64.4 Å². The summed E-state index contributed by atoms with van der Waals surface area (Å²) in [6.45, 7) is 2.01. The van der Waals surface area contributed by atoms with Gasteiger partial charge >= 0.3 is 0 Å². The van der Waals surface area contributed by atoms with Crippen molar-refractivity contribution in [2.75, 3.05) is 5.75 Å². The van der Waals surface area contributed by atoms with Gasteiger partial charge < -0.3 is 5.73 Å². The van der Waals surface area contributed by atoms with Crippen LogP contribution in [-0.4, -0.2) is 11.8 Å². The van der Waals surface area contributed by atoms with Crippen LogP contribution in [0, 0.1) is 12.7 Å². The van der Waals surface area contributed by atoms with Gasteiger partial charge in [-0.15, -0.1) is 11.8 Å². The number of aryl methyl sites for hydroxylation is 1. The Morgan fingerprint density at radius 1 is 1.25 bits per heavy atom. The third-order valence-corrected chi connectivity index (χ3v) is 4.48. The van der Waals surface area contributed by atoms with Gasteiger partial charge in [-0.25, -0.2) is 4.39 Å². The molecule has 2 rings (SSSR count). The lowest BCUT2D eigenvalue weighted by atomic mass is 10.1. The number of rotatable bonds is 5. The molecule has 0 heterocycles. The van der Waals surface area contributed by atoms with Crippen molar-refractivity contribution in [2.45, 2.75) is 24.3 Å². The van der Waals surface area contributed by atoms with Crippen LogP contribution < -0.4 is 5.73 Å². The Morgan fingerprint density at radius 2 is 2.05 bits per heavy atom. The molecule has 1 nitrogen and oxygen atoms in total. The molecule has 2 N–H and O–H groups in total. The molecule has 0 aliphatic rings. The van der Waals surface area contributed by atoms with Gasteiger partial charge in [0.05, 0.1) is 0 Å². The molecule has 0 fully saturated rings. The monoisotopic (exact) mass is 309 g/mol. The molecular weight excluding hydrogens is 293 g/mol. The molecule has 0 amide bonds. The summed E-state index contributed by atoms with van der Waals surface area (Å²) in [5.74, 6) is 0.512. The number of nitrogens with two attached hydrogens (primary N) is 1. The summed E-state index contributed by atoms with van der Waals surface area (Å²) in [5.41, 5.74) is 8.33. The second-order valence-corrected chi connectivity index (χ2v) is 6.33. The van der Waals surface area contributed by atoms with Gasteiger partial charge in [-0.05, 0) is 48.7 Å². The molecule has 0 aliphatic carbocycles. The van der Waals surface area contributed by atoms with E-state index in [1.54, 1.807) is 17.8 Å². The second-order valence-electron chi connectivity index (χ2n) is 4.83. The van der Waals surface area contributed by atoms with Crippen LogP contribution in [0.25, 0.3) is 0 Å². The molecule has 1 atom stereocenters. The highest BCUT2D eigenvalue weighted by molar-refractivity contribution is 7.99. The zero-order chi connectivity index (χ0) is 14.5. The molecule has 0 aliphatic heterocycles. The molecule has 2 aromatic carbocycles. The standard InChI is InChI=1S/C16H17ClFNS/c1-11-5-6-12(16(17)7-11)8-14(19)10-20-15-4-2-3-13(18)9-15/h2-7,9,14H,8,10,19H2,1H3. The van der Waals surface area contributed by atoms with Crippen LogP contribution in [0.2, 0.25) is 5.02 Å². The van der Waals surface area contributed by atoms with Gasteiger partial charge in [0.15, 0.2) is 0 Å². The van der Waals surface area contributed by atoms with Crippen molar-refractivity contribution in [3.8, 4) is 0 Å². The number of hydrogen-bond acceptors (Lipinski definition) is 2. The zero-order valence-corrected chi connectivity index (χ0v) is 12.8. The summed E-state index contributed by atoms with van der Waals surface area (Å²) < 4.78 is 13.1. The third kappa shape index (κ3) is 4.51. The summed E-state index contributed by atoms with van der Waals surface area (Å²) in [5, 5.41) is 0.760. The molecule has 106 valence electrons. The minimum absolute atomic E-state index is 0.0107. The van der Waals surface area contributed by atoms with E-state index in [4.69, 9.17) is 17.3 Å². The largest absolute Gasteiger partial charge is 0.327 e. The first-order valence-electron chi connectivity index (χ1n) is 6.43. The lowest BCUT2D eigenvalue weighted by Gasteiger charge is -2.13. The Kier molecular flexibility index (Phi) is 5.46. The van der Waals surface area contributed by atoms with Crippen molar-refractivity contribution in [2.24, 2.45) is 5.73 Å². The maximum Gasteiger partial charge on any atom is 0.124 e. The summed E-state index contributed by atoms with van der Waals surface area (Å²) in [6, 6.07) is 12.6. The van der Waals surface area contributed by atoms with Gasteiger partial charge in [-0.3, -0.25) is 0 Å². The number of benzene rings is 2. The van der Waals surface area contributed by atoms with E-state index in [1.807, 2.05) is 31.2 Å². The van der Waals surface area contributed by atoms with Crippen LogP contribution in [0.1, 0.15) is 11.1 Å². The van der Waals surface area contributed by atoms with Crippen LogP contribution in [0.15, 0.2) is 47.4 Å². The van der Waals surface area contributed by atoms with E-state index in [1.165, 1.54) is 12.1 Å². The average molecular weight is 310 g/mol. The minimum atomic E-state index is -0.217. The molecule has 4 heteroatoms. The van der Waals surface area contributed by atoms with Crippen LogP contribution in [0.4, 0.5) is 4.39 Å². The summed E-state index contributed by atoms with van der Waals surface area (Å²) in [6.07, 6.45) is 0.724. The van der Waals surface area contributed by atoms with Gasteiger partial charge in [-0.1, -0.05) is 29.8 Å². The SMILES string of the molecule is Cc1ccc(CC(N)CSc2cccc(F)c2)c(Cl)c1. The molecule has 0 spiro atoms. The Labute approximate surface area is 128 Å². The summed E-state index contributed by atoms with van der Waals surface area (Å²) in [7, 11) is 0. The minimum Gasteiger partial charge on any atom is -0.327 e. The number of thioether (sulfide) groups is 1. The first-order valence-corrected chi connectivity index (χ1v) is 7.80. The Bertz CT molecular complexity index is 588.